The monoisotopic (exact) mass is 275 g/mol. The Morgan fingerprint density at radius 1 is 1.40 bits per heavy atom. The number of aromatic nitrogens is 3. The predicted molar refractivity (Wildman–Crippen MR) is 74.0 cm³/mol. The highest BCUT2D eigenvalue weighted by molar-refractivity contribution is 5.90. The molecule has 6 nitrogen and oxygen atoms in total. The minimum absolute atomic E-state index is 0.181. The summed E-state index contributed by atoms with van der Waals surface area (Å²) in [5.74, 6) is -0.153. The Bertz CT molecular complexity index is 713. The Hall–Kier alpha value is -2.37. The third kappa shape index (κ3) is 2.49. The topological polar surface area (TPSA) is 77.1 Å². The van der Waals surface area contributed by atoms with Crippen LogP contribution < -0.4 is 5.56 Å². The molecular formula is C14H17N3O3. The first kappa shape index (κ1) is 14.0. The minimum Gasteiger partial charge on any atom is -0.478 e. The van der Waals surface area contributed by atoms with Crippen LogP contribution in [0.5, 0.6) is 0 Å². The molecule has 0 aliphatic heterocycles. The van der Waals surface area contributed by atoms with Crippen LogP contribution in [0.2, 0.25) is 0 Å². The molecule has 0 aromatic carbocycles. The number of nitrogens with zero attached hydrogens (tertiary/aromatic N) is 3. The van der Waals surface area contributed by atoms with E-state index < -0.39 is 5.97 Å². The molecule has 20 heavy (non-hydrogen) atoms. The van der Waals surface area contributed by atoms with Crippen molar-refractivity contribution in [2.75, 3.05) is 0 Å². The summed E-state index contributed by atoms with van der Waals surface area (Å²) in [6.07, 6.45) is 4.11. The maximum Gasteiger partial charge on any atom is 0.337 e. The van der Waals surface area contributed by atoms with Gasteiger partial charge in [-0.05, 0) is 19.4 Å². The number of hydrogen-bond donors (Lipinski definition) is 1. The lowest BCUT2D eigenvalue weighted by Gasteiger charge is -2.13. The van der Waals surface area contributed by atoms with Crippen LogP contribution in [0.3, 0.4) is 0 Å². The molecule has 106 valence electrons. The zero-order valence-electron chi connectivity index (χ0n) is 11.8. The van der Waals surface area contributed by atoms with Gasteiger partial charge in [0.25, 0.3) is 5.56 Å². The van der Waals surface area contributed by atoms with Gasteiger partial charge in [0.15, 0.2) is 0 Å². The maximum absolute atomic E-state index is 12.0. The second-order valence-electron chi connectivity index (χ2n) is 4.79. The molecular weight excluding hydrogens is 258 g/mol. The molecule has 0 aliphatic rings. The van der Waals surface area contributed by atoms with E-state index in [4.69, 9.17) is 0 Å². The van der Waals surface area contributed by atoms with E-state index in [0.717, 1.165) is 5.82 Å². The quantitative estimate of drug-likeness (QED) is 0.907. The van der Waals surface area contributed by atoms with Crippen molar-refractivity contribution in [2.45, 2.75) is 26.8 Å². The molecule has 0 radical (unpaired) electrons. The summed E-state index contributed by atoms with van der Waals surface area (Å²) in [6.45, 7) is 3.72. The normalized spacial score (nSPS) is 10.8. The summed E-state index contributed by atoms with van der Waals surface area (Å²) in [5, 5.41) is 9.23. The minimum atomic E-state index is -1.01. The highest BCUT2D eigenvalue weighted by atomic mass is 16.4. The van der Waals surface area contributed by atoms with Gasteiger partial charge in [-0.2, -0.15) is 0 Å². The third-order valence-electron chi connectivity index (χ3n) is 3.46. The van der Waals surface area contributed by atoms with Gasteiger partial charge in [-0.1, -0.05) is 0 Å². The van der Waals surface area contributed by atoms with Crippen molar-refractivity contribution in [3.63, 3.8) is 0 Å². The SMILES string of the molecule is Cc1cc(=O)n(CCc2nccn2C)c(C)c1C(=O)O. The molecule has 6 heteroatoms. The van der Waals surface area contributed by atoms with Crippen molar-refractivity contribution in [3.8, 4) is 0 Å². The number of imidazole rings is 1. The number of carboxylic acid groups (broad SMARTS) is 1. The Morgan fingerprint density at radius 2 is 2.10 bits per heavy atom. The van der Waals surface area contributed by atoms with E-state index in [2.05, 4.69) is 4.98 Å². The first-order valence-corrected chi connectivity index (χ1v) is 6.32. The van der Waals surface area contributed by atoms with Crippen LogP contribution in [0.1, 0.15) is 27.4 Å². The van der Waals surface area contributed by atoms with E-state index in [9.17, 15) is 14.7 Å². The van der Waals surface area contributed by atoms with Crippen LogP contribution in [0, 0.1) is 13.8 Å². The van der Waals surface area contributed by atoms with Gasteiger partial charge in [0.05, 0.1) is 5.56 Å². The summed E-state index contributed by atoms with van der Waals surface area (Å²) < 4.78 is 3.37. The molecule has 2 heterocycles. The van der Waals surface area contributed by atoms with Crippen LogP contribution in [-0.4, -0.2) is 25.2 Å². The molecule has 0 aliphatic carbocycles. The van der Waals surface area contributed by atoms with E-state index >= 15 is 0 Å². The molecule has 2 aromatic heterocycles. The molecule has 2 aromatic rings. The Labute approximate surface area is 116 Å². The van der Waals surface area contributed by atoms with E-state index in [-0.39, 0.29) is 11.1 Å². The first-order valence-electron chi connectivity index (χ1n) is 6.32. The maximum atomic E-state index is 12.0. The number of aryl methyl sites for hydroxylation is 3. The summed E-state index contributed by atoms with van der Waals surface area (Å²) in [6, 6.07) is 1.37. The van der Waals surface area contributed by atoms with Crippen molar-refractivity contribution < 1.29 is 9.90 Å². The molecule has 1 N–H and O–H groups in total. The number of aromatic carboxylic acids is 1. The smallest absolute Gasteiger partial charge is 0.337 e. The van der Waals surface area contributed by atoms with Gasteiger partial charge in [-0.3, -0.25) is 4.79 Å². The summed E-state index contributed by atoms with van der Waals surface area (Å²) in [7, 11) is 1.88. The molecule has 0 amide bonds. The number of rotatable bonds is 4. The van der Waals surface area contributed by atoms with Crippen molar-refractivity contribution in [1.82, 2.24) is 14.1 Å². The van der Waals surface area contributed by atoms with Crippen LogP contribution in [0.15, 0.2) is 23.3 Å². The van der Waals surface area contributed by atoms with E-state index in [1.54, 1.807) is 20.0 Å². The zero-order chi connectivity index (χ0) is 14.9. The van der Waals surface area contributed by atoms with Gasteiger partial charge in [-0.15, -0.1) is 0 Å². The lowest BCUT2D eigenvalue weighted by molar-refractivity contribution is 0.0694. The highest BCUT2D eigenvalue weighted by Crippen LogP contribution is 2.11. The lowest BCUT2D eigenvalue weighted by Crippen LogP contribution is -2.26. The van der Waals surface area contributed by atoms with Gasteiger partial charge in [0, 0.05) is 44.2 Å². The average molecular weight is 275 g/mol. The number of carboxylic acids is 1. The molecule has 0 unspecified atom stereocenters. The highest BCUT2D eigenvalue weighted by Gasteiger charge is 2.15. The summed E-state index contributed by atoms with van der Waals surface area (Å²) >= 11 is 0. The summed E-state index contributed by atoms with van der Waals surface area (Å²) in [5.41, 5.74) is 0.994. The molecule has 0 atom stereocenters. The van der Waals surface area contributed by atoms with Crippen molar-refractivity contribution in [2.24, 2.45) is 7.05 Å². The van der Waals surface area contributed by atoms with Crippen LogP contribution in [-0.2, 0) is 20.0 Å². The Morgan fingerprint density at radius 3 is 2.65 bits per heavy atom. The third-order valence-corrected chi connectivity index (χ3v) is 3.46. The Kier molecular flexibility index (Phi) is 3.74. The lowest BCUT2D eigenvalue weighted by atomic mass is 10.1. The summed E-state index contributed by atoms with van der Waals surface area (Å²) in [4.78, 5) is 27.5. The average Bonchev–Trinajstić information content (AvgIpc) is 2.73. The van der Waals surface area contributed by atoms with E-state index in [0.29, 0.717) is 24.2 Å². The van der Waals surface area contributed by atoms with Gasteiger partial charge in [0.1, 0.15) is 5.82 Å². The number of carbonyl (C=O) groups is 1. The predicted octanol–water partition coefficient (Wildman–Crippen LogP) is 1.14. The second-order valence-corrected chi connectivity index (χ2v) is 4.79. The van der Waals surface area contributed by atoms with Crippen LogP contribution in [0.25, 0.3) is 0 Å². The second kappa shape index (κ2) is 5.32. The first-order chi connectivity index (χ1) is 9.41. The van der Waals surface area contributed by atoms with E-state index in [1.807, 2.05) is 17.8 Å². The van der Waals surface area contributed by atoms with Gasteiger partial charge < -0.3 is 14.2 Å². The molecule has 0 saturated carbocycles. The Balaban J connectivity index is 2.37. The van der Waals surface area contributed by atoms with Crippen LogP contribution in [0.4, 0.5) is 0 Å². The van der Waals surface area contributed by atoms with Gasteiger partial charge >= 0.3 is 5.97 Å². The van der Waals surface area contributed by atoms with E-state index in [1.165, 1.54) is 10.6 Å². The molecule has 0 fully saturated rings. The number of pyridine rings is 1. The fraction of sp³-hybridized carbons (Fsp3) is 0.357. The van der Waals surface area contributed by atoms with Gasteiger partial charge in [0.2, 0.25) is 0 Å². The number of hydrogen-bond acceptors (Lipinski definition) is 3. The van der Waals surface area contributed by atoms with Gasteiger partial charge in [-0.25, -0.2) is 9.78 Å². The standard InChI is InChI=1S/C14H17N3O3/c1-9-8-12(18)17(10(2)13(9)14(19)20)6-4-11-15-5-7-16(11)3/h5,7-8H,4,6H2,1-3H3,(H,19,20). The van der Waals surface area contributed by atoms with Crippen molar-refractivity contribution in [1.29, 1.82) is 0 Å². The van der Waals surface area contributed by atoms with Crippen molar-refractivity contribution >= 4 is 5.97 Å². The fourth-order valence-electron chi connectivity index (χ4n) is 2.37. The molecule has 2 rings (SSSR count). The molecule has 0 spiro atoms. The largest absolute Gasteiger partial charge is 0.478 e. The van der Waals surface area contributed by atoms with Crippen molar-refractivity contribution in [3.05, 3.63) is 51.5 Å². The fourth-order valence-corrected chi connectivity index (χ4v) is 2.37. The van der Waals surface area contributed by atoms with Crippen LogP contribution >= 0.6 is 0 Å². The molecule has 0 saturated heterocycles. The zero-order valence-corrected chi connectivity index (χ0v) is 11.8. The molecule has 0 bridgehead atoms.